The molecule has 1 N–H and O–H groups in total. The maximum atomic E-state index is 12.9. The van der Waals surface area contributed by atoms with Gasteiger partial charge in [0.05, 0.1) is 25.2 Å². The number of aromatic nitrogens is 3. The van der Waals surface area contributed by atoms with Crippen molar-refractivity contribution in [3.05, 3.63) is 53.8 Å². The lowest BCUT2D eigenvalue weighted by atomic mass is 10.1. The molecular weight excluding hydrogens is 448 g/mol. The number of likely N-dealkylation sites (tertiary alicyclic amines) is 1. The number of carbonyl (C=O) groups is 3. The van der Waals surface area contributed by atoms with Crippen molar-refractivity contribution < 1.29 is 19.1 Å². The molecule has 0 bridgehead atoms. The van der Waals surface area contributed by atoms with E-state index in [4.69, 9.17) is 10.00 Å². The van der Waals surface area contributed by atoms with Crippen molar-refractivity contribution in [2.24, 2.45) is 0 Å². The van der Waals surface area contributed by atoms with Gasteiger partial charge < -0.3 is 9.64 Å². The fraction of sp³-hybridized carbons (Fsp3) is 0.360. The van der Waals surface area contributed by atoms with Gasteiger partial charge in [0.25, 0.3) is 11.8 Å². The molecule has 1 saturated heterocycles. The molecule has 0 aromatic carbocycles. The first-order valence-electron chi connectivity index (χ1n) is 11.3. The van der Waals surface area contributed by atoms with Crippen LogP contribution in [0.15, 0.2) is 48.2 Å². The molecular formula is C25H28N6O4. The van der Waals surface area contributed by atoms with Crippen molar-refractivity contribution in [2.45, 2.75) is 39.2 Å². The molecule has 0 saturated carbocycles. The van der Waals surface area contributed by atoms with Crippen LogP contribution in [0.1, 0.15) is 43.0 Å². The predicted octanol–water partition coefficient (Wildman–Crippen LogP) is 3.14. The van der Waals surface area contributed by atoms with Crippen LogP contribution in [0.4, 0.5) is 5.95 Å². The minimum Gasteiger partial charge on any atom is -0.469 e. The number of allylic oxidation sites excluding steroid dienone is 3. The average Bonchev–Trinajstić information content (AvgIpc) is 3.22. The van der Waals surface area contributed by atoms with Gasteiger partial charge in [0.1, 0.15) is 5.52 Å². The predicted molar refractivity (Wildman–Crippen MR) is 130 cm³/mol. The van der Waals surface area contributed by atoms with E-state index in [0.717, 1.165) is 19.3 Å². The molecule has 3 rings (SSSR count). The van der Waals surface area contributed by atoms with Gasteiger partial charge in [0, 0.05) is 37.0 Å². The zero-order valence-electron chi connectivity index (χ0n) is 19.9. The van der Waals surface area contributed by atoms with Gasteiger partial charge in [-0.25, -0.2) is 9.97 Å². The molecule has 35 heavy (non-hydrogen) atoms. The van der Waals surface area contributed by atoms with Crippen molar-refractivity contribution in [1.82, 2.24) is 19.4 Å². The third-order valence-corrected chi connectivity index (χ3v) is 5.58. The number of anilines is 1. The van der Waals surface area contributed by atoms with E-state index in [1.54, 1.807) is 29.7 Å². The molecule has 182 valence electrons. The van der Waals surface area contributed by atoms with Crippen LogP contribution in [0.25, 0.3) is 11.2 Å². The lowest BCUT2D eigenvalue weighted by Gasteiger charge is -2.26. The Bertz CT molecular complexity index is 1240. The summed E-state index contributed by atoms with van der Waals surface area (Å²) >= 11 is 0. The number of rotatable bonds is 8. The third-order valence-electron chi connectivity index (χ3n) is 5.58. The minimum absolute atomic E-state index is 0.0417. The molecule has 0 radical (unpaired) electrons. The Morgan fingerprint density at radius 1 is 1.29 bits per heavy atom. The summed E-state index contributed by atoms with van der Waals surface area (Å²) in [6.45, 7) is 6.98. The van der Waals surface area contributed by atoms with Crippen LogP contribution < -0.4 is 5.32 Å². The number of pyridine rings is 1. The maximum Gasteiger partial charge on any atom is 0.307 e. The van der Waals surface area contributed by atoms with Gasteiger partial charge in [-0.15, -0.1) is 0 Å². The molecule has 0 unspecified atom stereocenters. The quantitative estimate of drug-likeness (QED) is 0.268. The smallest absolute Gasteiger partial charge is 0.307 e. The van der Waals surface area contributed by atoms with Crippen LogP contribution >= 0.6 is 0 Å². The van der Waals surface area contributed by atoms with E-state index in [-0.39, 0.29) is 30.4 Å². The number of nitrogens with one attached hydrogen (secondary N) is 1. The van der Waals surface area contributed by atoms with E-state index in [1.807, 2.05) is 11.0 Å². The number of nitrogens with zero attached hydrogens (tertiary/aromatic N) is 5. The normalized spacial score (nSPS) is 14.1. The Labute approximate surface area is 203 Å². The van der Waals surface area contributed by atoms with Crippen molar-refractivity contribution >= 4 is 34.9 Å². The highest BCUT2D eigenvalue weighted by atomic mass is 16.5. The second kappa shape index (κ2) is 11.7. The summed E-state index contributed by atoms with van der Waals surface area (Å²) < 4.78 is 6.32. The fourth-order valence-electron chi connectivity index (χ4n) is 3.62. The van der Waals surface area contributed by atoms with Crippen molar-refractivity contribution in [3.63, 3.8) is 0 Å². The number of hydrogen-bond donors (Lipinski definition) is 1. The molecule has 2 aromatic rings. The maximum absolute atomic E-state index is 12.9. The zero-order valence-corrected chi connectivity index (χ0v) is 19.9. The van der Waals surface area contributed by atoms with Gasteiger partial charge in [0.15, 0.2) is 5.65 Å². The van der Waals surface area contributed by atoms with Gasteiger partial charge in [0.2, 0.25) is 5.95 Å². The van der Waals surface area contributed by atoms with E-state index >= 15 is 0 Å². The first-order chi connectivity index (χ1) is 16.8. The number of aryl methyl sites for hydroxylation is 1. The third kappa shape index (κ3) is 6.41. The van der Waals surface area contributed by atoms with E-state index in [9.17, 15) is 14.4 Å². The molecule has 10 nitrogen and oxygen atoms in total. The van der Waals surface area contributed by atoms with Crippen molar-refractivity contribution in [1.29, 1.82) is 5.26 Å². The lowest BCUT2D eigenvalue weighted by Crippen LogP contribution is -2.35. The fourth-order valence-corrected chi connectivity index (χ4v) is 3.62. The summed E-state index contributed by atoms with van der Waals surface area (Å²) in [6.07, 6.45) is 9.20. The van der Waals surface area contributed by atoms with E-state index < -0.39 is 11.9 Å². The highest BCUT2D eigenvalue weighted by Crippen LogP contribution is 2.22. The second-order valence-corrected chi connectivity index (χ2v) is 8.13. The summed E-state index contributed by atoms with van der Waals surface area (Å²) in [6, 6.07) is 3.63. The van der Waals surface area contributed by atoms with Crippen molar-refractivity contribution in [2.75, 3.05) is 25.5 Å². The highest BCUT2D eigenvalue weighted by molar-refractivity contribution is 6.05. The Kier molecular flexibility index (Phi) is 8.51. The number of ether oxygens (including phenoxy) is 1. The van der Waals surface area contributed by atoms with Crippen LogP contribution in [0.5, 0.6) is 0 Å². The monoisotopic (exact) mass is 476 g/mol. The second-order valence-electron chi connectivity index (χ2n) is 8.13. The average molecular weight is 477 g/mol. The molecule has 1 fully saturated rings. The summed E-state index contributed by atoms with van der Waals surface area (Å²) in [5.41, 5.74) is 1.89. The largest absolute Gasteiger partial charge is 0.469 e. The summed E-state index contributed by atoms with van der Waals surface area (Å²) in [4.78, 5) is 48.0. The number of imidazole rings is 1. The Morgan fingerprint density at radius 2 is 2.03 bits per heavy atom. The van der Waals surface area contributed by atoms with Crippen LogP contribution in [-0.4, -0.2) is 57.4 Å². The van der Waals surface area contributed by atoms with Crippen molar-refractivity contribution in [3.8, 4) is 6.07 Å². The number of fused-ring (bicyclic) bond motifs is 1. The summed E-state index contributed by atoms with van der Waals surface area (Å²) in [7, 11) is 1.30. The number of hydrogen-bond acceptors (Lipinski definition) is 7. The van der Waals surface area contributed by atoms with Gasteiger partial charge in [-0.05, 0) is 38.3 Å². The molecule has 10 heteroatoms. The van der Waals surface area contributed by atoms with E-state index in [2.05, 4.69) is 21.9 Å². The molecule has 3 heterocycles. The molecule has 0 spiro atoms. The van der Waals surface area contributed by atoms with Crippen LogP contribution in [0.2, 0.25) is 0 Å². The SMILES string of the molecule is C=C(/C=C\C=C(/C)C#N)C(=O)Nc1nc2cc(C(=O)N3CCCCC3)cnc2n1CCC(=O)OC. The number of piperidine rings is 1. The Morgan fingerprint density at radius 3 is 2.71 bits per heavy atom. The molecule has 0 atom stereocenters. The van der Waals surface area contributed by atoms with Gasteiger partial charge >= 0.3 is 5.97 Å². The van der Waals surface area contributed by atoms with Crippen LogP contribution in [0, 0.1) is 11.3 Å². The summed E-state index contributed by atoms with van der Waals surface area (Å²) in [5, 5.41) is 11.5. The standard InChI is InChI=1S/C25H28N6O4/c1-17(15-26)8-7-9-18(2)23(33)29-25-28-20-14-19(24(34)30-11-5-4-6-12-30)16-27-22(20)31(25)13-10-21(32)35-3/h7-9,14,16H,2,4-6,10-13H2,1,3H3,(H,28,29,33)/b9-7-,17-8+. The number of carbonyl (C=O) groups excluding carboxylic acids is 3. The van der Waals surface area contributed by atoms with E-state index in [1.165, 1.54) is 19.4 Å². The first kappa shape index (κ1) is 25.4. The Hall–Kier alpha value is -4.26. The Balaban J connectivity index is 1.88. The summed E-state index contributed by atoms with van der Waals surface area (Å²) in [5.74, 6) is -0.869. The minimum atomic E-state index is -0.511. The lowest BCUT2D eigenvalue weighted by molar-refractivity contribution is -0.140. The zero-order chi connectivity index (χ0) is 25.4. The number of esters is 1. The van der Waals surface area contributed by atoms with Crippen LogP contribution in [0.3, 0.4) is 0 Å². The molecule has 0 aliphatic carbocycles. The number of nitriles is 1. The molecule has 1 aliphatic heterocycles. The molecule has 2 amide bonds. The van der Waals surface area contributed by atoms with Gasteiger partial charge in [-0.1, -0.05) is 18.7 Å². The number of amides is 2. The van der Waals surface area contributed by atoms with E-state index in [0.29, 0.717) is 35.4 Å². The molecule has 2 aromatic heterocycles. The first-order valence-corrected chi connectivity index (χ1v) is 11.3. The number of methoxy groups -OCH3 is 1. The van der Waals surface area contributed by atoms with Gasteiger partial charge in [-0.2, -0.15) is 5.26 Å². The van der Waals surface area contributed by atoms with Gasteiger partial charge in [-0.3, -0.25) is 24.3 Å². The topological polar surface area (TPSA) is 130 Å². The van der Waals surface area contributed by atoms with Crippen LogP contribution in [-0.2, 0) is 20.9 Å². The highest BCUT2D eigenvalue weighted by Gasteiger charge is 2.21. The molecule has 1 aliphatic rings.